The third kappa shape index (κ3) is 3.38. The van der Waals surface area contributed by atoms with Crippen molar-refractivity contribution in [3.8, 4) is 0 Å². The average molecular weight is 463 g/mol. The molecule has 0 spiro atoms. The predicted octanol–water partition coefficient (Wildman–Crippen LogP) is 2.78. The number of nitro groups is 1. The van der Waals surface area contributed by atoms with Crippen LogP contribution in [0.3, 0.4) is 0 Å². The Balaban J connectivity index is 1.51. The number of nitrogens with zero attached hydrogens (tertiary/aromatic N) is 3. The molecule has 34 heavy (non-hydrogen) atoms. The minimum atomic E-state index is -0.902. The van der Waals surface area contributed by atoms with Gasteiger partial charge in [0.1, 0.15) is 12.4 Å². The zero-order valence-electron chi connectivity index (χ0n) is 17.7. The van der Waals surface area contributed by atoms with Gasteiger partial charge in [-0.2, -0.15) is 5.01 Å². The number of amides is 3. The summed E-state index contributed by atoms with van der Waals surface area (Å²) in [6.07, 6.45) is 4.49. The van der Waals surface area contributed by atoms with Crippen LogP contribution in [0.2, 0.25) is 0 Å². The maximum atomic E-state index is 13.4. The van der Waals surface area contributed by atoms with Gasteiger partial charge < -0.3 is 0 Å². The standard InChI is InChI=1S/C24H18FN3O6/c25-17-8-6-13(7-9-17)19(29)12-26(22(30)16-2-1-3-18(11-16)28(33)34)27-23(31)20-14-4-5-15(10-14)21(20)24(27)32/h1-9,11,14-15,20-21H,10,12H2/t14-,15-,20-,21+/m0/s1. The van der Waals surface area contributed by atoms with Gasteiger partial charge in [0.2, 0.25) is 0 Å². The lowest BCUT2D eigenvalue weighted by atomic mass is 9.85. The Kier molecular flexibility index (Phi) is 5.07. The van der Waals surface area contributed by atoms with Crippen molar-refractivity contribution in [2.24, 2.45) is 23.7 Å². The molecule has 3 aliphatic rings. The van der Waals surface area contributed by atoms with Crippen LogP contribution in [0.1, 0.15) is 27.1 Å². The van der Waals surface area contributed by atoms with Crippen LogP contribution in [0.4, 0.5) is 10.1 Å². The molecule has 9 nitrogen and oxygen atoms in total. The number of non-ortho nitro benzene ring substituents is 1. The van der Waals surface area contributed by atoms with Crippen LogP contribution < -0.4 is 0 Å². The second-order valence-electron chi connectivity index (χ2n) is 8.59. The lowest BCUT2D eigenvalue weighted by molar-refractivity contribution is -0.384. The molecule has 2 aromatic carbocycles. The number of Topliss-reactive ketones (excluding diaryl/α,β-unsaturated/α-hetero) is 1. The SMILES string of the molecule is O=C(CN(C(=O)c1cccc([N+](=O)[O-])c1)N1C(=O)[C@@H]2[C@H](C1=O)[C@H]1C=C[C@H]2C1)c1ccc(F)cc1. The molecular weight excluding hydrogens is 445 g/mol. The maximum Gasteiger partial charge on any atom is 0.273 e. The summed E-state index contributed by atoms with van der Waals surface area (Å²) in [5.74, 6) is -4.67. The predicted molar refractivity (Wildman–Crippen MR) is 114 cm³/mol. The van der Waals surface area contributed by atoms with Crippen LogP contribution in [0, 0.1) is 39.6 Å². The van der Waals surface area contributed by atoms with E-state index in [4.69, 9.17) is 0 Å². The molecule has 1 saturated heterocycles. The fraction of sp³-hybridized carbons (Fsp3) is 0.250. The highest BCUT2D eigenvalue weighted by Crippen LogP contribution is 2.52. The van der Waals surface area contributed by atoms with E-state index in [1.54, 1.807) is 0 Å². The number of carbonyl (C=O) groups is 4. The Morgan fingerprint density at radius 1 is 1.00 bits per heavy atom. The van der Waals surface area contributed by atoms with E-state index < -0.39 is 52.6 Å². The van der Waals surface area contributed by atoms with Crippen molar-refractivity contribution in [2.45, 2.75) is 6.42 Å². The van der Waals surface area contributed by atoms with Gasteiger partial charge >= 0.3 is 0 Å². The molecule has 0 aromatic heterocycles. The molecule has 10 heteroatoms. The third-order valence-electron chi connectivity index (χ3n) is 6.69. The molecule has 1 heterocycles. The van der Waals surface area contributed by atoms with Gasteiger partial charge in [-0.05, 0) is 48.6 Å². The van der Waals surface area contributed by atoms with Crippen molar-refractivity contribution in [1.82, 2.24) is 10.0 Å². The molecule has 2 bridgehead atoms. The number of ketones is 1. The Hall–Kier alpha value is -4.21. The average Bonchev–Trinajstić information content (AvgIpc) is 3.51. The van der Waals surface area contributed by atoms with Crippen molar-refractivity contribution in [1.29, 1.82) is 0 Å². The number of hydrogen-bond donors (Lipinski definition) is 0. The summed E-state index contributed by atoms with van der Waals surface area (Å²) < 4.78 is 13.3. The van der Waals surface area contributed by atoms with E-state index in [1.165, 1.54) is 30.3 Å². The van der Waals surface area contributed by atoms with Crippen molar-refractivity contribution < 1.29 is 28.5 Å². The number of hydrogen-bond acceptors (Lipinski definition) is 6. The lowest BCUT2D eigenvalue weighted by Gasteiger charge is -2.30. The fourth-order valence-electron chi connectivity index (χ4n) is 5.12. The molecule has 0 radical (unpaired) electrons. The van der Waals surface area contributed by atoms with Crippen molar-refractivity contribution >= 4 is 29.2 Å². The summed E-state index contributed by atoms with van der Waals surface area (Å²) in [6, 6.07) is 9.47. The molecule has 2 aromatic rings. The molecule has 2 aliphatic carbocycles. The first-order chi connectivity index (χ1) is 16.3. The van der Waals surface area contributed by atoms with E-state index >= 15 is 0 Å². The molecule has 1 saturated carbocycles. The highest BCUT2D eigenvalue weighted by molar-refractivity contribution is 6.10. The largest absolute Gasteiger partial charge is 0.292 e. The Bertz CT molecular complexity index is 1240. The summed E-state index contributed by atoms with van der Waals surface area (Å²) in [5.41, 5.74) is -0.423. The second-order valence-corrected chi connectivity index (χ2v) is 8.59. The summed E-state index contributed by atoms with van der Waals surface area (Å²) in [6.45, 7) is -0.674. The second kappa shape index (κ2) is 7.98. The Morgan fingerprint density at radius 2 is 1.62 bits per heavy atom. The van der Waals surface area contributed by atoms with E-state index in [0.717, 1.165) is 28.2 Å². The van der Waals surface area contributed by atoms with Crippen LogP contribution >= 0.6 is 0 Å². The fourth-order valence-corrected chi connectivity index (χ4v) is 5.12. The van der Waals surface area contributed by atoms with Crippen LogP contribution in [0.5, 0.6) is 0 Å². The zero-order chi connectivity index (χ0) is 24.1. The summed E-state index contributed by atoms with van der Waals surface area (Å²) in [7, 11) is 0. The van der Waals surface area contributed by atoms with Crippen molar-refractivity contribution in [3.63, 3.8) is 0 Å². The van der Waals surface area contributed by atoms with Crippen molar-refractivity contribution in [2.75, 3.05) is 6.54 Å². The van der Waals surface area contributed by atoms with Gasteiger partial charge in [0, 0.05) is 23.3 Å². The molecule has 5 rings (SSSR count). The van der Waals surface area contributed by atoms with Gasteiger partial charge in [-0.25, -0.2) is 9.40 Å². The van der Waals surface area contributed by atoms with Crippen LogP contribution in [-0.4, -0.2) is 45.0 Å². The molecular formula is C24H18FN3O6. The highest BCUT2D eigenvalue weighted by Gasteiger charge is 2.61. The van der Waals surface area contributed by atoms with Crippen LogP contribution in [0.15, 0.2) is 60.7 Å². The number of rotatable bonds is 6. The number of imide groups is 1. The molecule has 0 unspecified atom stereocenters. The van der Waals surface area contributed by atoms with E-state index in [1.807, 2.05) is 12.2 Å². The van der Waals surface area contributed by atoms with Gasteiger partial charge in [-0.1, -0.05) is 18.2 Å². The molecule has 4 atom stereocenters. The topological polar surface area (TPSA) is 118 Å². The number of carbonyl (C=O) groups excluding carboxylic acids is 4. The number of fused-ring (bicyclic) bond motifs is 5. The molecule has 1 aliphatic heterocycles. The normalized spacial score (nSPS) is 24.4. The monoisotopic (exact) mass is 463 g/mol. The summed E-state index contributed by atoms with van der Waals surface area (Å²) >= 11 is 0. The molecule has 2 fully saturated rings. The first kappa shape index (κ1) is 21.6. The highest BCUT2D eigenvalue weighted by atomic mass is 19.1. The number of allylic oxidation sites excluding steroid dienone is 2. The zero-order valence-corrected chi connectivity index (χ0v) is 17.7. The van der Waals surface area contributed by atoms with Crippen LogP contribution in [0.25, 0.3) is 0 Å². The van der Waals surface area contributed by atoms with Gasteiger partial charge in [0.25, 0.3) is 23.4 Å². The minimum Gasteiger partial charge on any atom is -0.292 e. The van der Waals surface area contributed by atoms with Gasteiger partial charge in [-0.15, -0.1) is 0 Å². The molecule has 3 amide bonds. The maximum absolute atomic E-state index is 13.4. The van der Waals surface area contributed by atoms with Crippen molar-refractivity contribution in [3.05, 3.63) is 87.7 Å². The smallest absolute Gasteiger partial charge is 0.273 e. The summed E-state index contributed by atoms with van der Waals surface area (Å²) in [5, 5.41) is 12.7. The van der Waals surface area contributed by atoms with Gasteiger partial charge in [0.05, 0.1) is 16.8 Å². The molecule has 0 N–H and O–H groups in total. The Labute approximate surface area is 192 Å². The van der Waals surface area contributed by atoms with E-state index in [2.05, 4.69) is 0 Å². The lowest BCUT2D eigenvalue weighted by Crippen LogP contribution is -2.52. The van der Waals surface area contributed by atoms with Crippen LogP contribution in [-0.2, 0) is 9.59 Å². The van der Waals surface area contributed by atoms with E-state index in [9.17, 15) is 33.7 Å². The number of nitro benzene ring substituents is 1. The Morgan fingerprint density at radius 3 is 2.21 bits per heavy atom. The first-order valence-electron chi connectivity index (χ1n) is 10.7. The minimum absolute atomic E-state index is 0.0827. The number of benzene rings is 2. The summed E-state index contributed by atoms with van der Waals surface area (Å²) in [4.78, 5) is 63.5. The van der Waals surface area contributed by atoms with Gasteiger partial charge in [0.15, 0.2) is 5.78 Å². The number of hydrazine groups is 1. The first-order valence-corrected chi connectivity index (χ1v) is 10.7. The van der Waals surface area contributed by atoms with Gasteiger partial charge in [-0.3, -0.25) is 29.3 Å². The molecule has 172 valence electrons. The van der Waals surface area contributed by atoms with E-state index in [0.29, 0.717) is 6.42 Å². The third-order valence-corrected chi connectivity index (χ3v) is 6.69. The quantitative estimate of drug-likeness (QED) is 0.214. The number of halogens is 1. The van der Waals surface area contributed by atoms with E-state index in [-0.39, 0.29) is 28.7 Å².